The van der Waals surface area contributed by atoms with Crippen LogP contribution in [0.4, 0.5) is 0 Å². The lowest BCUT2D eigenvalue weighted by molar-refractivity contribution is -0.0893. The van der Waals surface area contributed by atoms with Gasteiger partial charge in [0.2, 0.25) is 0 Å². The van der Waals surface area contributed by atoms with Crippen LogP contribution in [0.1, 0.15) is 27.7 Å². The molecule has 3 nitrogen and oxygen atoms in total. The summed E-state index contributed by atoms with van der Waals surface area (Å²) < 4.78 is 10.8. The van der Waals surface area contributed by atoms with Gasteiger partial charge in [0.15, 0.2) is 0 Å². The zero-order valence-electron chi connectivity index (χ0n) is 11.6. The summed E-state index contributed by atoms with van der Waals surface area (Å²) >= 11 is 6.13. The average molecular weight is 271 g/mol. The number of benzene rings is 1. The maximum Gasteiger partial charge on any atom is 0.310 e. The fraction of sp³-hybridized carbons (Fsp3) is 0.538. The molecule has 0 aromatic heterocycles. The molecule has 0 bridgehead atoms. The highest BCUT2D eigenvalue weighted by atomic mass is 35.5. The van der Waals surface area contributed by atoms with Gasteiger partial charge in [-0.15, -0.1) is 0 Å². The summed E-state index contributed by atoms with van der Waals surface area (Å²) in [6, 6.07) is 5.45. The van der Waals surface area contributed by atoms with E-state index in [2.05, 4.69) is 0 Å². The lowest BCUT2D eigenvalue weighted by atomic mass is 9.82. The minimum atomic E-state index is -0.925. The van der Waals surface area contributed by atoms with E-state index < -0.39 is 11.2 Å². The first-order chi connectivity index (χ1) is 8.17. The molecule has 100 valence electrons. The van der Waals surface area contributed by atoms with E-state index >= 15 is 0 Å². The van der Waals surface area contributed by atoms with E-state index in [1.165, 1.54) is 0 Å². The van der Waals surface area contributed by atoms with Crippen LogP contribution in [-0.2, 0) is 4.65 Å². The molecular weight excluding hydrogens is 250 g/mol. The molecule has 18 heavy (non-hydrogen) atoms. The molecule has 1 N–H and O–H groups in total. The summed E-state index contributed by atoms with van der Waals surface area (Å²) in [6.07, 6.45) is 0. The van der Waals surface area contributed by atoms with E-state index in [4.69, 9.17) is 21.0 Å². The van der Waals surface area contributed by atoms with Crippen molar-refractivity contribution in [2.45, 2.75) is 38.9 Å². The van der Waals surface area contributed by atoms with Gasteiger partial charge in [0.25, 0.3) is 0 Å². The van der Waals surface area contributed by atoms with Crippen molar-refractivity contribution in [3.05, 3.63) is 23.2 Å². The zero-order chi connectivity index (χ0) is 14.0. The molecule has 0 amide bonds. The first kappa shape index (κ1) is 15.4. The van der Waals surface area contributed by atoms with Gasteiger partial charge in [-0.2, -0.15) is 0 Å². The lowest BCUT2D eigenvalue weighted by Gasteiger charge is -2.37. The van der Waals surface area contributed by atoms with E-state index in [0.717, 1.165) is 5.46 Å². The number of ether oxygens (including phenoxy) is 1. The zero-order valence-corrected chi connectivity index (χ0v) is 12.3. The Labute approximate surface area is 114 Å². The van der Waals surface area contributed by atoms with Crippen molar-refractivity contribution < 1.29 is 14.5 Å². The summed E-state index contributed by atoms with van der Waals surface area (Å²) in [6.45, 7) is 7.15. The van der Waals surface area contributed by atoms with Crippen LogP contribution in [0, 0.1) is 0 Å². The number of halogens is 1. The maximum absolute atomic E-state index is 10.00. The molecule has 0 saturated heterocycles. The molecule has 5 heteroatoms. The van der Waals surface area contributed by atoms with Crippen LogP contribution < -0.4 is 10.2 Å². The first-order valence-electron chi connectivity index (χ1n) is 5.86. The van der Waals surface area contributed by atoms with Crippen molar-refractivity contribution >= 4 is 24.5 Å². The monoisotopic (exact) mass is 270 g/mol. The molecule has 0 heterocycles. The van der Waals surface area contributed by atoms with Crippen molar-refractivity contribution in [3.63, 3.8) is 0 Å². The molecule has 0 atom stereocenters. The highest BCUT2D eigenvalue weighted by Gasteiger charge is 2.35. The molecule has 1 aromatic carbocycles. The second kappa shape index (κ2) is 5.51. The Morgan fingerprint density at radius 1 is 1.22 bits per heavy atom. The standard InChI is InChI=1S/C13H20BClO3/c1-12(2,16)13(3,4)18-14-10-7-6-9(17-5)8-11(10)15/h6-8,14,16H,1-5H3. The van der Waals surface area contributed by atoms with Crippen LogP contribution in [0.25, 0.3) is 0 Å². The van der Waals surface area contributed by atoms with E-state index in [1.54, 1.807) is 27.0 Å². The van der Waals surface area contributed by atoms with E-state index in [-0.39, 0.29) is 0 Å². The van der Waals surface area contributed by atoms with Gasteiger partial charge in [0.1, 0.15) is 5.75 Å². The van der Waals surface area contributed by atoms with Gasteiger partial charge in [-0.1, -0.05) is 17.7 Å². The molecule has 0 aliphatic carbocycles. The van der Waals surface area contributed by atoms with Crippen molar-refractivity contribution in [2.24, 2.45) is 0 Å². The molecule has 0 fully saturated rings. The highest BCUT2D eigenvalue weighted by molar-refractivity contribution is 6.53. The second-order valence-electron chi connectivity index (χ2n) is 5.32. The van der Waals surface area contributed by atoms with Crippen molar-refractivity contribution in [3.8, 4) is 5.75 Å². The minimum absolute atomic E-state index is 0.347. The summed E-state index contributed by atoms with van der Waals surface area (Å²) in [5.74, 6) is 0.713. The Balaban J connectivity index is 2.75. The van der Waals surface area contributed by atoms with Crippen LogP contribution in [0.3, 0.4) is 0 Å². The molecule has 0 unspecified atom stereocenters. The van der Waals surface area contributed by atoms with E-state index in [0.29, 0.717) is 18.3 Å². The third kappa shape index (κ3) is 3.64. The Morgan fingerprint density at radius 2 is 1.83 bits per heavy atom. The van der Waals surface area contributed by atoms with Gasteiger partial charge in [0, 0.05) is 5.02 Å². The smallest absolute Gasteiger partial charge is 0.310 e. The SMILES string of the molecule is COc1ccc(BOC(C)(C)C(C)(C)O)c(Cl)c1. The Kier molecular flexibility index (Phi) is 4.70. The molecule has 0 spiro atoms. The van der Waals surface area contributed by atoms with Gasteiger partial charge >= 0.3 is 7.48 Å². The first-order valence-corrected chi connectivity index (χ1v) is 6.24. The fourth-order valence-corrected chi connectivity index (χ4v) is 1.43. The third-order valence-electron chi connectivity index (χ3n) is 3.32. The second-order valence-corrected chi connectivity index (χ2v) is 5.72. The van der Waals surface area contributed by atoms with Crippen LogP contribution in [0.15, 0.2) is 18.2 Å². The van der Waals surface area contributed by atoms with Gasteiger partial charge < -0.3 is 14.5 Å². The summed E-state index contributed by atoms with van der Waals surface area (Å²) in [5.41, 5.74) is -0.711. The Bertz CT molecular complexity index is 413. The van der Waals surface area contributed by atoms with Crippen LogP contribution in [-0.4, -0.2) is 30.9 Å². The molecule has 0 radical (unpaired) electrons. The molecule has 1 rings (SSSR count). The minimum Gasteiger partial charge on any atom is -0.497 e. The predicted octanol–water partition coefficient (Wildman–Crippen LogP) is 1.89. The van der Waals surface area contributed by atoms with Crippen molar-refractivity contribution in [1.29, 1.82) is 0 Å². The molecular formula is C13H20BClO3. The molecule has 0 saturated carbocycles. The highest BCUT2D eigenvalue weighted by Crippen LogP contribution is 2.24. The van der Waals surface area contributed by atoms with Crippen molar-refractivity contribution in [2.75, 3.05) is 7.11 Å². The number of rotatable bonds is 5. The normalized spacial score (nSPS) is 12.4. The lowest BCUT2D eigenvalue weighted by Crippen LogP contribution is -2.49. The third-order valence-corrected chi connectivity index (χ3v) is 3.67. The summed E-state index contributed by atoms with van der Waals surface area (Å²) in [7, 11) is 1.94. The van der Waals surface area contributed by atoms with E-state index in [1.807, 2.05) is 26.0 Å². The number of methoxy groups -OCH3 is 1. The van der Waals surface area contributed by atoms with Crippen LogP contribution in [0.5, 0.6) is 5.75 Å². The Morgan fingerprint density at radius 3 is 2.28 bits per heavy atom. The number of hydrogen-bond donors (Lipinski definition) is 1. The van der Waals surface area contributed by atoms with Gasteiger partial charge in [-0.3, -0.25) is 0 Å². The van der Waals surface area contributed by atoms with Crippen LogP contribution in [0.2, 0.25) is 5.02 Å². The van der Waals surface area contributed by atoms with Gasteiger partial charge in [-0.25, -0.2) is 0 Å². The van der Waals surface area contributed by atoms with Crippen LogP contribution >= 0.6 is 11.6 Å². The van der Waals surface area contributed by atoms with E-state index in [9.17, 15) is 5.11 Å². The molecule has 0 aliphatic rings. The van der Waals surface area contributed by atoms with Gasteiger partial charge in [0.05, 0.1) is 18.3 Å². The fourth-order valence-electron chi connectivity index (χ4n) is 1.21. The predicted molar refractivity (Wildman–Crippen MR) is 76.2 cm³/mol. The summed E-state index contributed by atoms with van der Waals surface area (Å²) in [5, 5.41) is 10.6. The number of hydrogen-bond acceptors (Lipinski definition) is 3. The quantitative estimate of drug-likeness (QED) is 0.831. The van der Waals surface area contributed by atoms with Gasteiger partial charge in [-0.05, 0) is 45.3 Å². The maximum atomic E-state index is 10.00. The summed E-state index contributed by atoms with van der Waals surface area (Å²) in [4.78, 5) is 0. The largest absolute Gasteiger partial charge is 0.497 e. The average Bonchev–Trinajstić information content (AvgIpc) is 2.25. The topological polar surface area (TPSA) is 38.7 Å². The number of aliphatic hydroxyl groups is 1. The Hall–Kier alpha value is -0.705. The molecule has 1 aromatic rings. The molecule has 0 aliphatic heterocycles. The van der Waals surface area contributed by atoms with Crippen molar-refractivity contribution in [1.82, 2.24) is 0 Å².